The first-order valence-corrected chi connectivity index (χ1v) is 8.73. The van der Waals surface area contributed by atoms with Crippen LogP contribution in [0.3, 0.4) is 0 Å². The van der Waals surface area contributed by atoms with Crippen LogP contribution in [-0.4, -0.2) is 25.1 Å². The van der Waals surface area contributed by atoms with Crippen LogP contribution in [-0.2, 0) is 13.0 Å². The van der Waals surface area contributed by atoms with Gasteiger partial charge in [-0.15, -0.1) is 11.3 Å². The van der Waals surface area contributed by atoms with Gasteiger partial charge in [0.2, 0.25) is 0 Å². The highest BCUT2D eigenvalue weighted by molar-refractivity contribution is 9.10. The van der Waals surface area contributed by atoms with E-state index in [1.807, 2.05) is 23.5 Å². The largest absolute Gasteiger partial charge is 0.497 e. The molecule has 1 atom stereocenters. The van der Waals surface area contributed by atoms with E-state index in [0.717, 1.165) is 29.7 Å². The molecular weight excluding hydrogens is 348 g/mol. The molecule has 0 saturated carbocycles. The van der Waals surface area contributed by atoms with Gasteiger partial charge in [0.1, 0.15) is 5.75 Å². The third-order valence-electron chi connectivity index (χ3n) is 4.06. The fraction of sp³-hybridized carbons (Fsp3) is 0.375. The average Bonchev–Trinajstić information content (AvgIpc) is 2.97. The molecule has 0 bridgehead atoms. The highest BCUT2D eigenvalue weighted by Crippen LogP contribution is 2.34. The lowest BCUT2D eigenvalue weighted by Crippen LogP contribution is -2.37. The minimum Gasteiger partial charge on any atom is -0.497 e. The Labute approximate surface area is 137 Å². The van der Waals surface area contributed by atoms with Gasteiger partial charge in [-0.3, -0.25) is 4.90 Å². The number of nitrogens with two attached hydrogens (primary N) is 1. The maximum absolute atomic E-state index is 6.09. The average molecular weight is 367 g/mol. The van der Waals surface area contributed by atoms with Crippen LogP contribution >= 0.6 is 27.3 Å². The van der Waals surface area contributed by atoms with Crippen LogP contribution < -0.4 is 10.5 Å². The summed E-state index contributed by atoms with van der Waals surface area (Å²) in [5.41, 5.74) is 8.74. The Balaban J connectivity index is 1.89. The quantitative estimate of drug-likeness (QED) is 0.898. The molecule has 2 aromatic rings. The molecule has 1 unspecified atom stereocenters. The van der Waals surface area contributed by atoms with Crippen LogP contribution in [0.25, 0.3) is 0 Å². The molecule has 3 rings (SSSR count). The Bertz CT molecular complexity index is 628. The molecule has 0 radical (unpaired) electrons. The van der Waals surface area contributed by atoms with Crippen molar-refractivity contribution in [3.63, 3.8) is 0 Å². The van der Waals surface area contributed by atoms with Crippen LogP contribution in [0.1, 0.15) is 22.0 Å². The summed E-state index contributed by atoms with van der Waals surface area (Å²) < 4.78 is 6.45. The lowest BCUT2D eigenvalue weighted by Gasteiger charge is -2.34. The summed E-state index contributed by atoms with van der Waals surface area (Å²) in [4.78, 5) is 3.99. The number of rotatable bonds is 4. The highest BCUT2D eigenvalue weighted by atomic mass is 79.9. The number of hydrogen-bond acceptors (Lipinski definition) is 4. The minimum absolute atomic E-state index is 0.211. The van der Waals surface area contributed by atoms with Crippen molar-refractivity contribution in [2.24, 2.45) is 5.73 Å². The molecule has 0 aliphatic carbocycles. The first-order chi connectivity index (χ1) is 10.2. The lowest BCUT2D eigenvalue weighted by atomic mass is 10.0. The van der Waals surface area contributed by atoms with Gasteiger partial charge in [-0.05, 0) is 47.2 Å². The zero-order valence-electron chi connectivity index (χ0n) is 12.0. The molecule has 0 spiro atoms. The van der Waals surface area contributed by atoms with Crippen LogP contribution in [0.5, 0.6) is 5.75 Å². The van der Waals surface area contributed by atoms with E-state index in [-0.39, 0.29) is 6.04 Å². The van der Waals surface area contributed by atoms with Gasteiger partial charge in [0.25, 0.3) is 0 Å². The predicted molar refractivity (Wildman–Crippen MR) is 90.9 cm³/mol. The van der Waals surface area contributed by atoms with E-state index < -0.39 is 0 Å². The van der Waals surface area contributed by atoms with Gasteiger partial charge in [-0.2, -0.15) is 0 Å². The maximum atomic E-state index is 6.09. The number of ether oxygens (including phenoxy) is 1. The minimum atomic E-state index is 0.211. The molecule has 21 heavy (non-hydrogen) atoms. The molecule has 0 saturated heterocycles. The van der Waals surface area contributed by atoms with Crippen LogP contribution in [0.4, 0.5) is 0 Å². The van der Waals surface area contributed by atoms with E-state index in [4.69, 9.17) is 10.5 Å². The molecule has 112 valence electrons. The summed E-state index contributed by atoms with van der Waals surface area (Å²) in [5, 5.41) is 2.19. The monoisotopic (exact) mass is 366 g/mol. The fourth-order valence-corrected chi connectivity index (χ4v) is 4.31. The fourth-order valence-electron chi connectivity index (χ4n) is 2.91. The van der Waals surface area contributed by atoms with E-state index in [1.54, 1.807) is 7.11 Å². The van der Waals surface area contributed by atoms with Crippen molar-refractivity contribution in [3.8, 4) is 5.75 Å². The first-order valence-electron chi connectivity index (χ1n) is 7.05. The van der Waals surface area contributed by atoms with Crippen LogP contribution in [0.15, 0.2) is 34.1 Å². The van der Waals surface area contributed by atoms with Crippen molar-refractivity contribution in [3.05, 3.63) is 50.1 Å². The van der Waals surface area contributed by atoms with Crippen molar-refractivity contribution in [1.29, 1.82) is 0 Å². The number of fused-ring (bicyclic) bond motifs is 1. The van der Waals surface area contributed by atoms with Gasteiger partial charge in [-0.25, -0.2) is 0 Å². The molecular formula is C16H19BrN2OS. The third kappa shape index (κ3) is 3.01. The summed E-state index contributed by atoms with van der Waals surface area (Å²) in [6, 6.07) is 8.54. The summed E-state index contributed by atoms with van der Waals surface area (Å²) in [5.74, 6) is 0.875. The number of halogens is 1. The molecule has 3 nitrogen and oxygen atoms in total. The lowest BCUT2D eigenvalue weighted by molar-refractivity contribution is 0.184. The van der Waals surface area contributed by atoms with E-state index >= 15 is 0 Å². The topological polar surface area (TPSA) is 38.5 Å². The molecule has 2 N–H and O–H groups in total. The number of nitrogens with zero attached hydrogens (tertiary/aromatic N) is 1. The molecule has 1 aliphatic rings. The van der Waals surface area contributed by atoms with Crippen molar-refractivity contribution in [1.82, 2.24) is 4.90 Å². The molecule has 0 amide bonds. The van der Waals surface area contributed by atoms with E-state index in [0.29, 0.717) is 6.54 Å². The molecule has 0 fully saturated rings. The van der Waals surface area contributed by atoms with Crippen molar-refractivity contribution >= 4 is 27.3 Å². The Morgan fingerprint density at radius 1 is 1.43 bits per heavy atom. The highest BCUT2D eigenvalue weighted by Gasteiger charge is 2.26. The van der Waals surface area contributed by atoms with E-state index in [9.17, 15) is 0 Å². The van der Waals surface area contributed by atoms with Crippen molar-refractivity contribution in [2.75, 3.05) is 20.2 Å². The summed E-state index contributed by atoms with van der Waals surface area (Å²) in [7, 11) is 1.70. The second-order valence-electron chi connectivity index (χ2n) is 5.23. The molecule has 5 heteroatoms. The number of thiophene rings is 1. The Morgan fingerprint density at radius 3 is 3.05 bits per heavy atom. The zero-order valence-corrected chi connectivity index (χ0v) is 14.4. The van der Waals surface area contributed by atoms with E-state index in [1.165, 1.54) is 16.0 Å². The molecule has 1 aromatic carbocycles. The summed E-state index contributed by atoms with van der Waals surface area (Å²) >= 11 is 5.52. The second kappa shape index (κ2) is 6.48. The van der Waals surface area contributed by atoms with Crippen LogP contribution in [0, 0.1) is 0 Å². The Morgan fingerprint density at radius 2 is 2.29 bits per heavy atom. The van der Waals surface area contributed by atoms with Gasteiger partial charge >= 0.3 is 0 Å². The predicted octanol–water partition coefficient (Wildman–Crippen LogP) is 3.58. The standard InChI is InChI=1S/C16H19BrN2OS/c1-20-12-2-3-14(17)13(8-12)15(9-18)19-6-4-16-11(10-19)5-7-21-16/h2-3,5,7-8,15H,4,6,9-10,18H2,1H3. The molecule has 2 heterocycles. The Kier molecular flexibility index (Phi) is 4.64. The third-order valence-corrected chi connectivity index (χ3v) is 5.81. The van der Waals surface area contributed by atoms with Gasteiger partial charge in [-0.1, -0.05) is 15.9 Å². The first kappa shape index (κ1) is 15.0. The zero-order chi connectivity index (χ0) is 14.8. The van der Waals surface area contributed by atoms with Crippen molar-refractivity contribution in [2.45, 2.75) is 19.0 Å². The normalized spacial score (nSPS) is 16.5. The summed E-state index contributed by atoms with van der Waals surface area (Å²) in [6.45, 7) is 2.63. The van der Waals surface area contributed by atoms with Gasteiger partial charge < -0.3 is 10.5 Å². The maximum Gasteiger partial charge on any atom is 0.119 e. The van der Waals surface area contributed by atoms with E-state index in [2.05, 4.69) is 38.3 Å². The summed E-state index contributed by atoms with van der Waals surface area (Å²) in [6.07, 6.45) is 1.12. The van der Waals surface area contributed by atoms with Crippen LogP contribution in [0.2, 0.25) is 0 Å². The van der Waals surface area contributed by atoms with Gasteiger partial charge in [0.05, 0.1) is 7.11 Å². The SMILES string of the molecule is COc1ccc(Br)c(C(CN)N2CCc3sccc3C2)c1. The second-order valence-corrected chi connectivity index (χ2v) is 7.08. The number of hydrogen-bond donors (Lipinski definition) is 1. The van der Waals surface area contributed by atoms with Gasteiger partial charge in [0, 0.05) is 35.0 Å². The van der Waals surface area contributed by atoms with Crippen molar-refractivity contribution < 1.29 is 4.74 Å². The number of benzene rings is 1. The Hall–Kier alpha value is -0.880. The molecule has 1 aromatic heterocycles. The number of methoxy groups -OCH3 is 1. The smallest absolute Gasteiger partial charge is 0.119 e. The van der Waals surface area contributed by atoms with Gasteiger partial charge in [0.15, 0.2) is 0 Å². The molecule has 1 aliphatic heterocycles.